The van der Waals surface area contributed by atoms with Crippen LogP contribution < -0.4 is 10.2 Å². The van der Waals surface area contributed by atoms with E-state index in [1.807, 2.05) is 6.07 Å². The molecule has 0 atom stereocenters. The van der Waals surface area contributed by atoms with E-state index in [-0.39, 0.29) is 5.56 Å². The summed E-state index contributed by atoms with van der Waals surface area (Å²) in [5, 5.41) is 2.58. The van der Waals surface area contributed by atoms with Crippen molar-refractivity contribution in [3.63, 3.8) is 0 Å². The summed E-state index contributed by atoms with van der Waals surface area (Å²) in [5.74, 6) is -2.70. The first-order valence-corrected chi connectivity index (χ1v) is 8.80. The molecule has 1 aromatic carbocycles. The van der Waals surface area contributed by atoms with Crippen LogP contribution in [0.3, 0.4) is 0 Å². The van der Waals surface area contributed by atoms with Crippen LogP contribution in [0.25, 0.3) is 0 Å². The van der Waals surface area contributed by atoms with Gasteiger partial charge in [0, 0.05) is 31.5 Å². The van der Waals surface area contributed by atoms with E-state index in [1.165, 1.54) is 6.07 Å². The fourth-order valence-corrected chi connectivity index (χ4v) is 3.36. The lowest BCUT2D eigenvalue weighted by Crippen LogP contribution is -2.45. The zero-order chi connectivity index (χ0) is 18.9. The Kier molecular flexibility index (Phi) is 4.75. The molecule has 2 saturated heterocycles. The molecule has 2 aromatic rings. The lowest BCUT2D eigenvalue weighted by molar-refractivity contribution is -0.169. The molecule has 0 unspecified atom stereocenters. The number of ether oxygens (including phenoxy) is 2. The van der Waals surface area contributed by atoms with Gasteiger partial charge < -0.3 is 19.7 Å². The molecule has 1 N–H and O–H groups in total. The molecule has 1 amide bonds. The second-order valence-corrected chi connectivity index (χ2v) is 6.58. The molecule has 4 rings (SSSR count). The largest absolute Gasteiger partial charge is 0.370 e. The van der Waals surface area contributed by atoms with E-state index in [4.69, 9.17) is 9.47 Å². The van der Waals surface area contributed by atoms with E-state index in [9.17, 15) is 13.6 Å². The van der Waals surface area contributed by atoms with Crippen molar-refractivity contribution in [1.29, 1.82) is 0 Å². The Hall–Kier alpha value is -2.58. The number of hydrogen-bond donors (Lipinski definition) is 1. The highest BCUT2D eigenvalue weighted by Crippen LogP contribution is 2.33. The Bertz CT molecular complexity index is 829. The molecule has 0 aliphatic carbocycles. The van der Waals surface area contributed by atoms with Gasteiger partial charge in [-0.2, -0.15) is 0 Å². The number of rotatable bonds is 3. The third-order valence-corrected chi connectivity index (χ3v) is 4.88. The molecule has 3 heterocycles. The van der Waals surface area contributed by atoms with Crippen molar-refractivity contribution < 1.29 is 23.0 Å². The number of carbonyl (C=O) groups is 1. The van der Waals surface area contributed by atoms with E-state index in [1.54, 1.807) is 12.3 Å². The van der Waals surface area contributed by atoms with Crippen LogP contribution in [-0.4, -0.2) is 43.0 Å². The molecule has 1 aromatic heterocycles. The molecule has 27 heavy (non-hydrogen) atoms. The minimum absolute atomic E-state index is 0.0256. The molecule has 1 spiro atoms. The first-order valence-electron chi connectivity index (χ1n) is 8.80. The lowest BCUT2D eigenvalue weighted by atomic mass is 10.0. The lowest BCUT2D eigenvalue weighted by Gasteiger charge is -2.38. The van der Waals surface area contributed by atoms with Crippen molar-refractivity contribution in [3.8, 4) is 0 Å². The highest BCUT2D eigenvalue weighted by Gasteiger charge is 2.39. The fourth-order valence-electron chi connectivity index (χ4n) is 3.36. The minimum atomic E-state index is -1.07. The fraction of sp³-hybridized carbons (Fsp3) is 0.368. The van der Waals surface area contributed by atoms with E-state index in [2.05, 4.69) is 15.2 Å². The number of halogens is 2. The summed E-state index contributed by atoms with van der Waals surface area (Å²) in [6.45, 7) is 2.88. The number of amides is 1. The molecule has 2 fully saturated rings. The third-order valence-electron chi connectivity index (χ3n) is 4.88. The van der Waals surface area contributed by atoms with Crippen molar-refractivity contribution in [2.24, 2.45) is 0 Å². The van der Waals surface area contributed by atoms with Crippen molar-refractivity contribution >= 4 is 17.4 Å². The monoisotopic (exact) mass is 375 g/mol. The predicted molar refractivity (Wildman–Crippen MR) is 94.6 cm³/mol. The second kappa shape index (κ2) is 7.21. The molecule has 0 bridgehead atoms. The SMILES string of the molecule is O=C(Nc1ccc(N2CCC3(CC2)OCCO3)cn1)c1ccc(F)c(F)c1. The molecular weight excluding hydrogens is 356 g/mol. The maximum absolute atomic E-state index is 13.3. The summed E-state index contributed by atoms with van der Waals surface area (Å²) in [5.41, 5.74) is 0.964. The summed E-state index contributed by atoms with van der Waals surface area (Å²) in [7, 11) is 0. The Balaban J connectivity index is 1.37. The average molecular weight is 375 g/mol. The molecule has 2 aliphatic rings. The van der Waals surface area contributed by atoms with Crippen LogP contribution in [-0.2, 0) is 9.47 Å². The Labute approximate surface area is 155 Å². The smallest absolute Gasteiger partial charge is 0.256 e. The normalized spacial score (nSPS) is 18.7. The van der Waals surface area contributed by atoms with Crippen molar-refractivity contribution in [2.75, 3.05) is 36.5 Å². The number of pyridine rings is 1. The van der Waals surface area contributed by atoms with Gasteiger partial charge in [0.2, 0.25) is 0 Å². The van der Waals surface area contributed by atoms with Crippen molar-refractivity contribution in [3.05, 3.63) is 53.7 Å². The number of hydrogen-bond acceptors (Lipinski definition) is 5. The molecule has 0 saturated carbocycles. The van der Waals surface area contributed by atoms with Gasteiger partial charge >= 0.3 is 0 Å². The van der Waals surface area contributed by atoms with Crippen LogP contribution in [0, 0.1) is 11.6 Å². The topological polar surface area (TPSA) is 63.7 Å². The van der Waals surface area contributed by atoms with E-state index in [0.29, 0.717) is 19.0 Å². The van der Waals surface area contributed by atoms with E-state index in [0.717, 1.165) is 43.8 Å². The van der Waals surface area contributed by atoms with Crippen LogP contribution in [0.4, 0.5) is 20.3 Å². The van der Waals surface area contributed by atoms with Gasteiger partial charge in [-0.1, -0.05) is 0 Å². The van der Waals surface area contributed by atoms with Crippen molar-refractivity contribution in [2.45, 2.75) is 18.6 Å². The van der Waals surface area contributed by atoms with Gasteiger partial charge in [0.05, 0.1) is 25.1 Å². The van der Waals surface area contributed by atoms with Gasteiger partial charge in [0.25, 0.3) is 5.91 Å². The number of carbonyl (C=O) groups excluding carboxylic acids is 1. The standard InChI is InChI=1S/C19H19F2N3O3/c20-15-3-1-13(11-16(15)21)18(25)23-17-4-2-14(12-22-17)24-7-5-19(6-8-24)26-9-10-27-19/h1-4,11-12H,5-10H2,(H,22,23,25). The highest BCUT2D eigenvalue weighted by atomic mass is 19.2. The number of aromatic nitrogens is 1. The summed E-state index contributed by atoms with van der Waals surface area (Å²) < 4.78 is 37.7. The number of nitrogens with zero attached hydrogens (tertiary/aromatic N) is 2. The van der Waals surface area contributed by atoms with Gasteiger partial charge in [0.1, 0.15) is 5.82 Å². The van der Waals surface area contributed by atoms with Gasteiger partial charge in [-0.3, -0.25) is 4.79 Å². The summed E-state index contributed by atoms with van der Waals surface area (Å²) in [4.78, 5) is 18.6. The molecule has 6 nitrogen and oxygen atoms in total. The molecule has 8 heteroatoms. The minimum Gasteiger partial charge on any atom is -0.370 e. The number of piperidine rings is 1. The number of anilines is 2. The first-order chi connectivity index (χ1) is 13.0. The molecule has 2 aliphatic heterocycles. The van der Waals surface area contributed by atoms with E-state index >= 15 is 0 Å². The zero-order valence-corrected chi connectivity index (χ0v) is 14.6. The molecular formula is C19H19F2N3O3. The van der Waals surface area contributed by atoms with Gasteiger partial charge in [-0.15, -0.1) is 0 Å². The maximum atomic E-state index is 13.3. The quantitative estimate of drug-likeness (QED) is 0.894. The average Bonchev–Trinajstić information content (AvgIpc) is 3.13. The van der Waals surface area contributed by atoms with Gasteiger partial charge in [-0.05, 0) is 30.3 Å². The van der Waals surface area contributed by atoms with Crippen molar-refractivity contribution in [1.82, 2.24) is 4.98 Å². The Morgan fingerprint density at radius 1 is 1.07 bits per heavy atom. The van der Waals surface area contributed by atoms with Crippen LogP contribution in [0.1, 0.15) is 23.2 Å². The Morgan fingerprint density at radius 3 is 2.44 bits per heavy atom. The van der Waals surface area contributed by atoms with Crippen LogP contribution in [0.5, 0.6) is 0 Å². The predicted octanol–water partition coefficient (Wildman–Crippen LogP) is 2.96. The summed E-state index contributed by atoms with van der Waals surface area (Å²) >= 11 is 0. The molecule has 142 valence electrons. The van der Waals surface area contributed by atoms with E-state index < -0.39 is 23.3 Å². The number of nitrogens with one attached hydrogen (secondary N) is 1. The first kappa shape index (κ1) is 17.8. The summed E-state index contributed by atoms with van der Waals surface area (Å²) in [6, 6.07) is 6.54. The highest BCUT2D eigenvalue weighted by molar-refractivity contribution is 6.03. The van der Waals surface area contributed by atoms with Crippen LogP contribution >= 0.6 is 0 Å². The van der Waals surface area contributed by atoms with Gasteiger partial charge in [0.15, 0.2) is 17.4 Å². The van der Waals surface area contributed by atoms with Crippen LogP contribution in [0.15, 0.2) is 36.5 Å². The molecule has 0 radical (unpaired) electrons. The summed E-state index contributed by atoms with van der Waals surface area (Å²) in [6.07, 6.45) is 3.26. The maximum Gasteiger partial charge on any atom is 0.256 e. The number of benzene rings is 1. The van der Waals surface area contributed by atoms with Crippen LogP contribution in [0.2, 0.25) is 0 Å². The van der Waals surface area contributed by atoms with Gasteiger partial charge in [-0.25, -0.2) is 13.8 Å². The Morgan fingerprint density at radius 2 is 1.81 bits per heavy atom. The zero-order valence-electron chi connectivity index (χ0n) is 14.6. The third kappa shape index (κ3) is 3.77. The second-order valence-electron chi connectivity index (χ2n) is 6.58.